The van der Waals surface area contributed by atoms with E-state index in [9.17, 15) is 0 Å². The molecule has 2 heterocycles. The van der Waals surface area contributed by atoms with Crippen molar-refractivity contribution in [3.63, 3.8) is 0 Å². The number of hydrogen-bond acceptors (Lipinski definition) is 5. The maximum absolute atomic E-state index is 5.92. The van der Waals surface area contributed by atoms with Crippen molar-refractivity contribution in [3.8, 4) is 5.88 Å². The first-order valence-corrected chi connectivity index (χ1v) is 9.08. The molecule has 0 bridgehead atoms. The molecule has 1 aliphatic carbocycles. The summed E-state index contributed by atoms with van der Waals surface area (Å²) in [6.07, 6.45) is 6.49. The summed E-state index contributed by atoms with van der Waals surface area (Å²) in [5.41, 5.74) is 9.82. The van der Waals surface area contributed by atoms with E-state index >= 15 is 0 Å². The fraction of sp³-hybridized carbons (Fsp3) is 0.450. The monoisotopic (exact) mass is 336 g/mol. The molecule has 0 saturated heterocycles. The molecule has 1 aromatic carbocycles. The molecule has 1 aliphatic heterocycles. The van der Waals surface area contributed by atoms with Gasteiger partial charge < -0.3 is 10.5 Å². The van der Waals surface area contributed by atoms with Gasteiger partial charge in [0, 0.05) is 0 Å². The summed E-state index contributed by atoms with van der Waals surface area (Å²) < 4.78 is 5.88. The van der Waals surface area contributed by atoms with Crippen molar-refractivity contribution in [2.45, 2.75) is 51.6 Å². The number of anilines is 1. The van der Waals surface area contributed by atoms with Gasteiger partial charge in [0.2, 0.25) is 5.88 Å². The predicted octanol–water partition coefficient (Wildman–Crippen LogP) is 4.25. The second kappa shape index (κ2) is 6.47. The molecule has 1 saturated carbocycles. The van der Waals surface area contributed by atoms with Crippen molar-refractivity contribution in [3.05, 3.63) is 41.7 Å². The highest BCUT2D eigenvalue weighted by Crippen LogP contribution is 2.37. The number of nitrogens with zero attached hydrogens (tertiary/aromatic N) is 3. The number of nitrogen functional groups attached to an aromatic ring is 1. The third-order valence-electron chi connectivity index (χ3n) is 5.42. The van der Waals surface area contributed by atoms with Crippen LogP contribution in [0.5, 0.6) is 5.88 Å². The van der Waals surface area contributed by atoms with E-state index in [-0.39, 0.29) is 6.10 Å². The van der Waals surface area contributed by atoms with Gasteiger partial charge in [0.25, 0.3) is 0 Å². The summed E-state index contributed by atoms with van der Waals surface area (Å²) in [7, 11) is 0. The number of aromatic nitrogens is 2. The largest absolute Gasteiger partial charge is 0.466 e. The molecule has 2 aromatic rings. The lowest BCUT2D eigenvalue weighted by molar-refractivity contribution is 0.272. The zero-order valence-electron chi connectivity index (χ0n) is 14.8. The SMILES string of the molecule is CC1CCC(c2ccc(C3=Nc4c(N)ncnc4OC3C)cc2)CC1. The first-order chi connectivity index (χ1) is 12.1. The molecule has 1 unspecified atom stereocenters. The fourth-order valence-corrected chi connectivity index (χ4v) is 3.82. The van der Waals surface area contributed by atoms with E-state index in [0.717, 1.165) is 17.2 Å². The molecule has 4 rings (SSSR count). The molecule has 130 valence electrons. The maximum atomic E-state index is 5.92. The minimum atomic E-state index is -0.164. The summed E-state index contributed by atoms with van der Waals surface area (Å²) in [6.45, 7) is 4.34. The molecule has 2 N–H and O–H groups in total. The normalized spacial score (nSPS) is 25.7. The minimum Gasteiger partial charge on any atom is -0.466 e. The molecule has 0 spiro atoms. The summed E-state index contributed by atoms with van der Waals surface area (Å²) in [5, 5.41) is 0. The molecule has 5 heteroatoms. The average Bonchev–Trinajstić information content (AvgIpc) is 2.62. The number of hydrogen-bond donors (Lipinski definition) is 1. The molecule has 0 amide bonds. The van der Waals surface area contributed by atoms with Gasteiger partial charge in [-0.2, -0.15) is 4.98 Å². The Balaban J connectivity index is 1.60. The van der Waals surface area contributed by atoms with Gasteiger partial charge in [-0.3, -0.25) is 0 Å². The van der Waals surface area contributed by atoms with Crippen molar-refractivity contribution < 1.29 is 4.74 Å². The Morgan fingerprint density at radius 2 is 1.72 bits per heavy atom. The second-order valence-corrected chi connectivity index (χ2v) is 7.25. The van der Waals surface area contributed by atoms with Crippen LogP contribution in [0.15, 0.2) is 35.6 Å². The number of benzene rings is 1. The lowest BCUT2D eigenvalue weighted by Gasteiger charge is -2.27. The lowest BCUT2D eigenvalue weighted by Crippen LogP contribution is -2.28. The van der Waals surface area contributed by atoms with Crippen LogP contribution in [0, 0.1) is 5.92 Å². The van der Waals surface area contributed by atoms with Gasteiger partial charge in [0.1, 0.15) is 12.4 Å². The van der Waals surface area contributed by atoms with Crippen LogP contribution in [0.1, 0.15) is 56.6 Å². The van der Waals surface area contributed by atoms with Crippen molar-refractivity contribution in [2.75, 3.05) is 5.73 Å². The van der Waals surface area contributed by atoms with Crippen molar-refractivity contribution in [1.82, 2.24) is 9.97 Å². The number of aliphatic imine (C=N–C) groups is 1. The van der Waals surface area contributed by atoms with Gasteiger partial charge in [-0.25, -0.2) is 9.98 Å². The molecule has 2 aliphatic rings. The number of ether oxygens (including phenoxy) is 1. The van der Waals surface area contributed by atoms with Crippen LogP contribution in [-0.2, 0) is 0 Å². The average molecular weight is 336 g/mol. The van der Waals surface area contributed by atoms with Crippen molar-refractivity contribution in [1.29, 1.82) is 0 Å². The van der Waals surface area contributed by atoms with Crippen LogP contribution in [0.4, 0.5) is 11.5 Å². The summed E-state index contributed by atoms with van der Waals surface area (Å²) >= 11 is 0. The van der Waals surface area contributed by atoms with E-state index in [2.05, 4.69) is 46.1 Å². The summed E-state index contributed by atoms with van der Waals surface area (Å²) in [5.74, 6) is 2.37. The van der Waals surface area contributed by atoms with Crippen LogP contribution in [-0.4, -0.2) is 21.8 Å². The quantitative estimate of drug-likeness (QED) is 0.889. The Hall–Kier alpha value is -2.43. The zero-order valence-corrected chi connectivity index (χ0v) is 14.8. The molecule has 1 atom stereocenters. The van der Waals surface area contributed by atoms with E-state index in [4.69, 9.17) is 10.5 Å². The molecule has 25 heavy (non-hydrogen) atoms. The van der Waals surface area contributed by atoms with Gasteiger partial charge in [-0.15, -0.1) is 0 Å². The van der Waals surface area contributed by atoms with Crippen molar-refractivity contribution in [2.24, 2.45) is 10.9 Å². The van der Waals surface area contributed by atoms with Gasteiger partial charge in [0.05, 0.1) is 5.71 Å². The van der Waals surface area contributed by atoms with Crippen LogP contribution in [0.2, 0.25) is 0 Å². The van der Waals surface area contributed by atoms with Crippen LogP contribution >= 0.6 is 0 Å². The van der Waals surface area contributed by atoms with E-state index in [1.54, 1.807) is 0 Å². The third kappa shape index (κ3) is 3.11. The third-order valence-corrected chi connectivity index (χ3v) is 5.42. The van der Waals surface area contributed by atoms with Crippen LogP contribution in [0.25, 0.3) is 0 Å². The maximum Gasteiger partial charge on any atom is 0.246 e. The Morgan fingerprint density at radius 3 is 2.44 bits per heavy atom. The van der Waals surface area contributed by atoms with Gasteiger partial charge in [-0.05, 0) is 42.7 Å². The standard InChI is InChI=1S/C20H24N4O/c1-12-3-5-14(6-4-12)15-7-9-16(10-8-15)17-13(2)25-20-18(24-17)19(21)22-11-23-20/h7-14H,3-6H2,1-2H3,(H2,21,22,23). The van der Waals surface area contributed by atoms with E-state index in [1.807, 2.05) is 6.92 Å². The Morgan fingerprint density at radius 1 is 1.00 bits per heavy atom. The van der Waals surface area contributed by atoms with Crippen LogP contribution in [0.3, 0.4) is 0 Å². The molecule has 1 aromatic heterocycles. The van der Waals surface area contributed by atoms with E-state index in [0.29, 0.717) is 23.3 Å². The van der Waals surface area contributed by atoms with E-state index < -0.39 is 0 Å². The molecule has 5 nitrogen and oxygen atoms in total. The minimum absolute atomic E-state index is 0.164. The fourth-order valence-electron chi connectivity index (χ4n) is 3.82. The smallest absolute Gasteiger partial charge is 0.246 e. The molecular formula is C20H24N4O. The van der Waals surface area contributed by atoms with Crippen molar-refractivity contribution >= 4 is 17.2 Å². The zero-order chi connectivity index (χ0) is 17.4. The first kappa shape index (κ1) is 16.1. The predicted molar refractivity (Wildman–Crippen MR) is 99.5 cm³/mol. The summed E-state index contributed by atoms with van der Waals surface area (Å²) in [6, 6.07) is 8.78. The number of rotatable bonds is 2. The summed E-state index contributed by atoms with van der Waals surface area (Å²) in [4.78, 5) is 12.8. The highest BCUT2D eigenvalue weighted by Gasteiger charge is 2.25. The Bertz CT molecular complexity index is 792. The van der Waals surface area contributed by atoms with Crippen LogP contribution < -0.4 is 10.5 Å². The molecular weight excluding hydrogens is 312 g/mol. The Labute approximate surface area is 148 Å². The number of nitrogens with two attached hydrogens (primary N) is 1. The van der Waals surface area contributed by atoms with E-state index in [1.165, 1.54) is 37.6 Å². The highest BCUT2D eigenvalue weighted by molar-refractivity contribution is 6.06. The second-order valence-electron chi connectivity index (χ2n) is 7.25. The topological polar surface area (TPSA) is 73.4 Å². The first-order valence-electron chi connectivity index (χ1n) is 9.08. The number of fused-ring (bicyclic) bond motifs is 1. The molecule has 0 radical (unpaired) electrons. The van der Waals surface area contributed by atoms with Gasteiger partial charge >= 0.3 is 0 Å². The Kier molecular flexibility index (Phi) is 4.15. The van der Waals surface area contributed by atoms with Gasteiger partial charge in [-0.1, -0.05) is 44.0 Å². The highest BCUT2D eigenvalue weighted by atomic mass is 16.5. The molecule has 1 fully saturated rings. The van der Waals surface area contributed by atoms with Gasteiger partial charge in [0.15, 0.2) is 11.5 Å². The lowest BCUT2D eigenvalue weighted by atomic mass is 9.79.